The predicted octanol–water partition coefficient (Wildman–Crippen LogP) is 2.91. The quantitative estimate of drug-likeness (QED) is 0.346. The Morgan fingerprint density at radius 1 is 1.27 bits per heavy atom. The van der Waals surface area contributed by atoms with Crippen molar-refractivity contribution >= 4 is 41.3 Å². The number of rotatable bonds is 7. The van der Waals surface area contributed by atoms with Gasteiger partial charge in [-0.25, -0.2) is 4.98 Å². The smallest absolute Gasteiger partial charge is 0.191 e. The first-order valence-corrected chi connectivity index (χ1v) is 10.1. The molecule has 0 bridgehead atoms. The summed E-state index contributed by atoms with van der Waals surface area (Å²) in [4.78, 5) is 11.5. The molecule has 0 saturated carbocycles. The average molecular weight is 495 g/mol. The van der Waals surface area contributed by atoms with Crippen LogP contribution in [0.5, 0.6) is 0 Å². The van der Waals surface area contributed by atoms with Crippen LogP contribution in [-0.4, -0.2) is 61.8 Å². The molecule has 1 aromatic rings. The third kappa shape index (κ3) is 7.28. The fourth-order valence-corrected chi connectivity index (χ4v) is 3.84. The van der Waals surface area contributed by atoms with Crippen LogP contribution in [0.1, 0.15) is 44.3 Å². The zero-order valence-electron chi connectivity index (χ0n) is 16.6. The van der Waals surface area contributed by atoms with Gasteiger partial charge in [0.2, 0.25) is 0 Å². The Kier molecular flexibility index (Phi) is 11.0. The van der Waals surface area contributed by atoms with Crippen LogP contribution in [0.25, 0.3) is 0 Å². The number of nitrogens with one attached hydrogen (secondary N) is 2. The van der Waals surface area contributed by atoms with Crippen LogP contribution in [-0.2, 0) is 11.3 Å². The highest BCUT2D eigenvalue weighted by Gasteiger charge is 2.23. The molecule has 1 unspecified atom stereocenters. The first kappa shape index (κ1) is 23.6. The van der Waals surface area contributed by atoms with Crippen molar-refractivity contribution in [2.45, 2.75) is 46.2 Å². The van der Waals surface area contributed by atoms with Crippen LogP contribution in [0, 0.1) is 5.92 Å². The first-order chi connectivity index (χ1) is 12.0. The standard InChI is InChI=1S/C18H33N5OS.HI/c1-13(2)15-12-25-17(22-15)11-21-18(19-5)20-10-16(14(3)4)23-6-8-24-9-7-23;/h12-14,16H,6-11H2,1-5H3,(H2,19,20,21);1H. The lowest BCUT2D eigenvalue weighted by Gasteiger charge is -2.37. The highest BCUT2D eigenvalue weighted by atomic mass is 127. The van der Waals surface area contributed by atoms with Gasteiger partial charge in [-0.1, -0.05) is 27.7 Å². The van der Waals surface area contributed by atoms with Gasteiger partial charge < -0.3 is 15.4 Å². The van der Waals surface area contributed by atoms with E-state index in [9.17, 15) is 0 Å². The lowest BCUT2D eigenvalue weighted by molar-refractivity contribution is 0.00752. The molecule has 0 aromatic carbocycles. The number of morpholine rings is 1. The number of hydrogen-bond donors (Lipinski definition) is 2. The molecule has 0 amide bonds. The second kappa shape index (κ2) is 12.1. The van der Waals surface area contributed by atoms with Crippen LogP contribution in [0.2, 0.25) is 0 Å². The molecule has 1 saturated heterocycles. The van der Waals surface area contributed by atoms with Gasteiger partial charge in [-0.2, -0.15) is 0 Å². The van der Waals surface area contributed by atoms with E-state index in [0.29, 0.717) is 24.4 Å². The van der Waals surface area contributed by atoms with E-state index in [1.165, 1.54) is 0 Å². The van der Waals surface area contributed by atoms with E-state index in [2.05, 4.69) is 58.6 Å². The Morgan fingerprint density at radius 2 is 1.96 bits per heavy atom. The lowest BCUT2D eigenvalue weighted by Crippen LogP contribution is -2.52. The van der Waals surface area contributed by atoms with Gasteiger partial charge in [0.1, 0.15) is 5.01 Å². The molecule has 8 heteroatoms. The van der Waals surface area contributed by atoms with E-state index >= 15 is 0 Å². The summed E-state index contributed by atoms with van der Waals surface area (Å²) in [5, 5.41) is 10.1. The minimum absolute atomic E-state index is 0. The topological polar surface area (TPSA) is 61.8 Å². The van der Waals surface area contributed by atoms with Crippen LogP contribution >= 0.6 is 35.3 Å². The van der Waals surface area contributed by atoms with E-state index in [-0.39, 0.29) is 24.0 Å². The summed E-state index contributed by atoms with van der Waals surface area (Å²) in [6, 6.07) is 0.481. The summed E-state index contributed by atoms with van der Waals surface area (Å²) in [7, 11) is 1.82. The summed E-state index contributed by atoms with van der Waals surface area (Å²) in [5.74, 6) is 1.89. The van der Waals surface area contributed by atoms with Crippen molar-refractivity contribution in [2.75, 3.05) is 39.9 Å². The second-order valence-corrected chi connectivity index (χ2v) is 8.03. The van der Waals surface area contributed by atoms with Crippen molar-refractivity contribution in [2.24, 2.45) is 10.9 Å². The lowest BCUT2D eigenvalue weighted by atomic mass is 10.0. The molecule has 1 aliphatic heterocycles. The Labute approximate surface area is 179 Å². The van der Waals surface area contributed by atoms with Gasteiger partial charge in [0.25, 0.3) is 0 Å². The number of guanidine groups is 1. The van der Waals surface area contributed by atoms with Crippen LogP contribution in [0.3, 0.4) is 0 Å². The van der Waals surface area contributed by atoms with Gasteiger partial charge in [0.15, 0.2) is 5.96 Å². The molecule has 1 atom stereocenters. The van der Waals surface area contributed by atoms with Crippen LogP contribution < -0.4 is 10.6 Å². The monoisotopic (exact) mass is 495 g/mol. The number of thiazole rings is 1. The largest absolute Gasteiger partial charge is 0.379 e. The number of aromatic nitrogens is 1. The van der Waals surface area contributed by atoms with Gasteiger partial charge in [-0.3, -0.25) is 9.89 Å². The van der Waals surface area contributed by atoms with E-state index in [1.54, 1.807) is 11.3 Å². The third-order valence-corrected chi connectivity index (χ3v) is 5.42. The van der Waals surface area contributed by atoms with E-state index in [4.69, 9.17) is 4.74 Å². The van der Waals surface area contributed by atoms with Gasteiger partial charge in [-0.15, -0.1) is 35.3 Å². The Morgan fingerprint density at radius 3 is 2.50 bits per heavy atom. The van der Waals surface area contributed by atoms with Crippen molar-refractivity contribution < 1.29 is 4.74 Å². The fraction of sp³-hybridized carbons (Fsp3) is 0.778. The zero-order valence-corrected chi connectivity index (χ0v) is 19.8. The molecule has 150 valence electrons. The summed E-state index contributed by atoms with van der Waals surface area (Å²) in [6.07, 6.45) is 0. The SMILES string of the molecule is CN=C(NCc1nc(C(C)C)cs1)NCC(C(C)C)N1CCOCC1.I. The van der Waals surface area contributed by atoms with Crippen LogP contribution in [0.4, 0.5) is 0 Å². The third-order valence-electron chi connectivity index (χ3n) is 4.55. The molecule has 2 heterocycles. The molecule has 2 rings (SSSR count). The normalized spacial score (nSPS) is 17.3. The van der Waals surface area contributed by atoms with Gasteiger partial charge in [0.05, 0.1) is 25.5 Å². The van der Waals surface area contributed by atoms with E-state index < -0.39 is 0 Å². The Hall–Kier alpha value is -0.450. The average Bonchev–Trinajstić information content (AvgIpc) is 3.08. The van der Waals surface area contributed by atoms with Gasteiger partial charge >= 0.3 is 0 Å². The number of halogens is 1. The molecule has 2 N–H and O–H groups in total. The zero-order chi connectivity index (χ0) is 18.2. The molecule has 0 spiro atoms. The molecule has 6 nitrogen and oxygen atoms in total. The molecule has 1 aliphatic rings. The highest BCUT2D eigenvalue weighted by Crippen LogP contribution is 2.17. The first-order valence-electron chi connectivity index (χ1n) is 9.21. The molecule has 1 fully saturated rings. The predicted molar refractivity (Wildman–Crippen MR) is 121 cm³/mol. The van der Waals surface area contributed by atoms with E-state index in [0.717, 1.165) is 49.5 Å². The minimum Gasteiger partial charge on any atom is -0.379 e. The second-order valence-electron chi connectivity index (χ2n) is 7.09. The maximum atomic E-state index is 5.48. The van der Waals surface area contributed by atoms with Gasteiger partial charge in [0, 0.05) is 38.1 Å². The maximum absolute atomic E-state index is 5.48. The number of ether oxygens (including phenoxy) is 1. The van der Waals surface area contributed by atoms with E-state index in [1.807, 2.05) is 7.05 Å². The van der Waals surface area contributed by atoms with Crippen molar-refractivity contribution in [3.05, 3.63) is 16.1 Å². The maximum Gasteiger partial charge on any atom is 0.191 e. The van der Waals surface area contributed by atoms with Gasteiger partial charge in [-0.05, 0) is 11.8 Å². The summed E-state index contributed by atoms with van der Waals surface area (Å²) in [5.41, 5.74) is 1.16. The van der Waals surface area contributed by atoms with Crippen molar-refractivity contribution in [3.63, 3.8) is 0 Å². The molecule has 0 radical (unpaired) electrons. The fourth-order valence-electron chi connectivity index (χ4n) is 2.95. The summed E-state index contributed by atoms with van der Waals surface area (Å²) < 4.78 is 5.48. The Bertz CT molecular complexity index is 543. The van der Waals surface area contributed by atoms with Crippen molar-refractivity contribution in [3.8, 4) is 0 Å². The summed E-state index contributed by atoms with van der Waals surface area (Å²) >= 11 is 1.70. The van der Waals surface area contributed by atoms with Crippen LogP contribution in [0.15, 0.2) is 10.4 Å². The highest BCUT2D eigenvalue weighted by molar-refractivity contribution is 14.0. The molecular weight excluding hydrogens is 461 g/mol. The Balaban J connectivity index is 0.00000338. The minimum atomic E-state index is 0. The molecular formula is C18H34IN5OS. The number of aliphatic imine (C=N–C) groups is 1. The molecule has 0 aliphatic carbocycles. The van der Waals surface area contributed by atoms with Crippen molar-refractivity contribution in [1.82, 2.24) is 20.5 Å². The summed E-state index contributed by atoms with van der Waals surface area (Å²) in [6.45, 7) is 14.2. The number of hydrogen-bond acceptors (Lipinski definition) is 5. The van der Waals surface area contributed by atoms with Crippen molar-refractivity contribution in [1.29, 1.82) is 0 Å². The number of nitrogens with zero attached hydrogens (tertiary/aromatic N) is 3. The molecule has 26 heavy (non-hydrogen) atoms. The molecule has 1 aromatic heterocycles.